The predicted molar refractivity (Wildman–Crippen MR) is 41.5 cm³/mol. The van der Waals surface area contributed by atoms with E-state index in [1.165, 1.54) is 0 Å². The lowest BCUT2D eigenvalue weighted by Gasteiger charge is -2.09. The van der Waals surface area contributed by atoms with E-state index in [4.69, 9.17) is 10.2 Å². The van der Waals surface area contributed by atoms with Crippen LogP contribution >= 0.6 is 0 Å². The number of nitrogens with one attached hydrogen (secondary N) is 1. The van der Waals surface area contributed by atoms with Gasteiger partial charge < -0.3 is 15.5 Å². The fourth-order valence-electron chi connectivity index (χ4n) is 0.489. The maximum absolute atomic E-state index is 10.9. The van der Waals surface area contributed by atoms with Crippen molar-refractivity contribution in [1.29, 1.82) is 0 Å². The Morgan fingerprint density at radius 1 is 1.42 bits per heavy atom. The molecule has 0 aromatic rings. The van der Waals surface area contributed by atoms with Crippen molar-refractivity contribution in [1.82, 2.24) is 5.32 Å². The van der Waals surface area contributed by atoms with Gasteiger partial charge in [-0.15, -0.1) is 0 Å². The summed E-state index contributed by atoms with van der Waals surface area (Å²) in [7, 11) is 0. The second-order valence-electron chi connectivity index (χ2n) is 2.75. The molecular weight excluding hydrogens is 162 g/mol. The van der Waals surface area contributed by atoms with Gasteiger partial charge in [-0.3, -0.25) is 4.79 Å². The van der Waals surface area contributed by atoms with E-state index in [2.05, 4.69) is 5.32 Å². The van der Waals surface area contributed by atoms with Gasteiger partial charge in [0.15, 0.2) is 6.10 Å². The molecule has 0 bridgehead atoms. The molecule has 1 atom stereocenters. The molecule has 0 aliphatic rings. The van der Waals surface area contributed by atoms with Crippen LogP contribution in [-0.4, -0.2) is 34.7 Å². The molecule has 0 aliphatic carbocycles. The molecule has 0 spiro atoms. The maximum atomic E-state index is 10.9. The first kappa shape index (κ1) is 10.9. The van der Waals surface area contributed by atoms with Crippen molar-refractivity contribution in [3.05, 3.63) is 0 Å². The van der Waals surface area contributed by atoms with Gasteiger partial charge in [0.1, 0.15) is 0 Å². The first-order valence-corrected chi connectivity index (χ1v) is 3.63. The molecule has 5 nitrogen and oxygen atoms in total. The van der Waals surface area contributed by atoms with Crippen molar-refractivity contribution in [3.8, 4) is 0 Å². The molecule has 0 aliphatic heterocycles. The summed E-state index contributed by atoms with van der Waals surface area (Å²) < 4.78 is 0. The summed E-state index contributed by atoms with van der Waals surface area (Å²) in [5.74, 6) is -1.81. The van der Waals surface area contributed by atoms with Crippen molar-refractivity contribution in [2.75, 3.05) is 6.54 Å². The number of rotatable bonds is 4. The van der Waals surface area contributed by atoms with Crippen molar-refractivity contribution in [3.63, 3.8) is 0 Å². The summed E-state index contributed by atoms with van der Waals surface area (Å²) in [6.07, 6.45) is -1.52. The van der Waals surface area contributed by atoms with Crippen LogP contribution in [0.25, 0.3) is 0 Å². The van der Waals surface area contributed by atoms with E-state index in [0.29, 0.717) is 0 Å². The van der Waals surface area contributed by atoms with Crippen molar-refractivity contribution in [2.24, 2.45) is 5.92 Å². The average molecular weight is 175 g/mol. The summed E-state index contributed by atoms with van der Waals surface area (Å²) >= 11 is 0. The topological polar surface area (TPSA) is 86.6 Å². The predicted octanol–water partition coefficient (Wildman–Crippen LogP) is -0.796. The molecule has 1 unspecified atom stereocenters. The molecule has 12 heavy (non-hydrogen) atoms. The Labute approximate surface area is 70.4 Å². The molecule has 70 valence electrons. The van der Waals surface area contributed by atoms with Crippen LogP contribution < -0.4 is 5.32 Å². The van der Waals surface area contributed by atoms with Crippen molar-refractivity contribution >= 4 is 11.9 Å². The SMILES string of the molecule is CC(C)C(=O)NCC(O)C(=O)O. The second kappa shape index (κ2) is 4.71. The van der Waals surface area contributed by atoms with Gasteiger partial charge in [-0.1, -0.05) is 13.8 Å². The van der Waals surface area contributed by atoms with Crippen molar-refractivity contribution < 1.29 is 19.8 Å². The zero-order chi connectivity index (χ0) is 9.72. The summed E-state index contributed by atoms with van der Waals surface area (Å²) in [5, 5.41) is 19.3. The van der Waals surface area contributed by atoms with Crippen LogP contribution in [0.1, 0.15) is 13.8 Å². The van der Waals surface area contributed by atoms with E-state index in [1.807, 2.05) is 0 Å². The van der Waals surface area contributed by atoms with E-state index in [0.717, 1.165) is 0 Å². The molecule has 0 aromatic heterocycles. The number of hydrogen-bond donors (Lipinski definition) is 3. The lowest BCUT2D eigenvalue weighted by Crippen LogP contribution is -2.38. The first-order valence-electron chi connectivity index (χ1n) is 3.63. The molecule has 0 radical (unpaired) electrons. The van der Waals surface area contributed by atoms with E-state index < -0.39 is 12.1 Å². The Morgan fingerprint density at radius 2 is 1.92 bits per heavy atom. The first-order chi connectivity index (χ1) is 5.45. The summed E-state index contributed by atoms with van der Waals surface area (Å²) in [5.41, 5.74) is 0. The highest BCUT2D eigenvalue weighted by atomic mass is 16.4. The van der Waals surface area contributed by atoms with Gasteiger partial charge in [0, 0.05) is 5.92 Å². The Hall–Kier alpha value is -1.10. The number of aliphatic hydroxyl groups is 1. The second-order valence-corrected chi connectivity index (χ2v) is 2.75. The fourth-order valence-corrected chi connectivity index (χ4v) is 0.489. The van der Waals surface area contributed by atoms with Crippen LogP contribution in [0, 0.1) is 5.92 Å². The van der Waals surface area contributed by atoms with Gasteiger partial charge in [0.05, 0.1) is 6.54 Å². The van der Waals surface area contributed by atoms with Crippen LogP contribution in [-0.2, 0) is 9.59 Å². The number of carbonyl (C=O) groups is 2. The zero-order valence-corrected chi connectivity index (χ0v) is 7.07. The third-order valence-corrected chi connectivity index (χ3v) is 1.28. The number of amides is 1. The van der Waals surface area contributed by atoms with E-state index in [9.17, 15) is 9.59 Å². The van der Waals surface area contributed by atoms with Gasteiger partial charge in [-0.25, -0.2) is 4.79 Å². The highest BCUT2D eigenvalue weighted by Crippen LogP contribution is 1.90. The van der Waals surface area contributed by atoms with Gasteiger partial charge in [-0.05, 0) is 0 Å². The highest BCUT2D eigenvalue weighted by Gasteiger charge is 2.14. The third kappa shape index (κ3) is 3.92. The standard InChI is InChI=1S/C7H13NO4/c1-4(2)6(10)8-3-5(9)7(11)12/h4-5,9H,3H2,1-2H3,(H,8,10)(H,11,12). The Kier molecular flexibility index (Phi) is 4.28. The van der Waals surface area contributed by atoms with E-state index >= 15 is 0 Å². The monoisotopic (exact) mass is 175 g/mol. The smallest absolute Gasteiger partial charge is 0.334 e. The molecule has 0 saturated carbocycles. The zero-order valence-electron chi connectivity index (χ0n) is 7.07. The van der Waals surface area contributed by atoms with Crippen LogP contribution in [0.15, 0.2) is 0 Å². The van der Waals surface area contributed by atoms with Crippen LogP contribution in [0.3, 0.4) is 0 Å². The van der Waals surface area contributed by atoms with E-state index in [1.54, 1.807) is 13.8 Å². The fraction of sp³-hybridized carbons (Fsp3) is 0.714. The number of carboxylic acid groups (broad SMARTS) is 1. The van der Waals surface area contributed by atoms with Crippen LogP contribution in [0.5, 0.6) is 0 Å². The molecule has 0 fully saturated rings. The summed E-state index contributed by atoms with van der Waals surface area (Å²) in [6, 6.07) is 0. The van der Waals surface area contributed by atoms with Gasteiger partial charge in [0.2, 0.25) is 5.91 Å². The Bertz CT molecular complexity index is 178. The van der Waals surface area contributed by atoms with Gasteiger partial charge in [0.25, 0.3) is 0 Å². The highest BCUT2D eigenvalue weighted by molar-refractivity contribution is 5.79. The van der Waals surface area contributed by atoms with E-state index in [-0.39, 0.29) is 18.4 Å². The molecule has 0 aromatic carbocycles. The molecule has 1 amide bonds. The molecule has 0 rings (SSSR count). The number of carbonyl (C=O) groups excluding carboxylic acids is 1. The average Bonchev–Trinajstić information content (AvgIpc) is 1.98. The quantitative estimate of drug-likeness (QED) is 0.522. The van der Waals surface area contributed by atoms with Gasteiger partial charge in [-0.2, -0.15) is 0 Å². The Balaban J connectivity index is 3.69. The minimum Gasteiger partial charge on any atom is -0.479 e. The number of aliphatic carboxylic acids is 1. The summed E-state index contributed by atoms with van der Waals surface area (Å²) in [4.78, 5) is 20.9. The lowest BCUT2D eigenvalue weighted by molar-refractivity contribution is -0.146. The minimum absolute atomic E-state index is 0.203. The third-order valence-electron chi connectivity index (χ3n) is 1.28. The van der Waals surface area contributed by atoms with Gasteiger partial charge >= 0.3 is 5.97 Å². The molecule has 3 N–H and O–H groups in total. The largest absolute Gasteiger partial charge is 0.479 e. The molecule has 0 heterocycles. The molecular formula is C7H13NO4. The normalized spacial score (nSPS) is 12.7. The number of aliphatic hydroxyl groups excluding tert-OH is 1. The number of carboxylic acids is 1. The number of hydrogen-bond acceptors (Lipinski definition) is 3. The lowest BCUT2D eigenvalue weighted by atomic mass is 10.2. The molecule has 0 saturated heterocycles. The molecule has 5 heteroatoms. The van der Waals surface area contributed by atoms with Crippen molar-refractivity contribution in [2.45, 2.75) is 20.0 Å². The summed E-state index contributed by atoms with van der Waals surface area (Å²) in [6.45, 7) is 3.12. The van der Waals surface area contributed by atoms with Crippen LogP contribution in [0.2, 0.25) is 0 Å². The minimum atomic E-state index is -1.52. The maximum Gasteiger partial charge on any atom is 0.334 e. The van der Waals surface area contributed by atoms with Crippen LogP contribution in [0.4, 0.5) is 0 Å². The Morgan fingerprint density at radius 3 is 2.25 bits per heavy atom.